The number of furan rings is 1. The first kappa shape index (κ1) is 15.7. The van der Waals surface area contributed by atoms with Crippen LogP contribution in [0.1, 0.15) is 21.9 Å². The van der Waals surface area contributed by atoms with Crippen molar-refractivity contribution in [2.24, 2.45) is 0 Å². The van der Waals surface area contributed by atoms with Crippen molar-refractivity contribution in [3.05, 3.63) is 47.4 Å². The fourth-order valence-electron chi connectivity index (χ4n) is 2.07. The van der Waals surface area contributed by atoms with Gasteiger partial charge in [0.1, 0.15) is 5.76 Å². The third-order valence-electron chi connectivity index (χ3n) is 3.13. The van der Waals surface area contributed by atoms with E-state index in [2.05, 4.69) is 0 Å². The fraction of sp³-hybridized carbons (Fsp3) is 0.235. The Morgan fingerprint density at radius 2 is 1.73 bits per heavy atom. The Bertz CT molecular complexity index is 697. The monoisotopic (exact) mass is 302 g/mol. The summed E-state index contributed by atoms with van der Waals surface area (Å²) in [6, 6.07) is 6.94. The van der Waals surface area contributed by atoms with E-state index in [0.717, 1.165) is 0 Å². The zero-order valence-electron chi connectivity index (χ0n) is 13.0. The summed E-state index contributed by atoms with van der Waals surface area (Å²) in [6.07, 6.45) is 3.09. The van der Waals surface area contributed by atoms with Crippen molar-refractivity contribution in [3.8, 4) is 17.2 Å². The lowest BCUT2D eigenvalue weighted by Crippen LogP contribution is -1.97. The highest BCUT2D eigenvalue weighted by molar-refractivity contribution is 6.05. The van der Waals surface area contributed by atoms with Crippen LogP contribution < -0.4 is 14.2 Å². The second-order valence-electron chi connectivity index (χ2n) is 4.53. The van der Waals surface area contributed by atoms with Crippen LogP contribution in [0.2, 0.25) is 0 Å². The molecule has 5 heteroatoms. The second kappa shape index (κ2) is 6.85. The molecule has 0 aliphatic carbocycles. The molecular weight excluding hydrogens is 284 g/mol. The molecule has 1 aromatic carbocycles. The molecule has 0 saturated carbocycles. The Morgan fingerprint density at radius 1 is 1.00 bits per heavy atom. The molecule has 22 heavy (non-hydrogen) atoms. The molecule has 0 fully saturated rings. The topological polar surface area (TPSA) is 57.9 Å². The zero-order chi connectivity index (χ0) is 16.1. The maximum absolute atomic E-state index is 12.0. The van der Waals surface area contributed by atoms with Gasteiger partial charge < -0.3 is 18.6 Å². The van der Waals surface area contributed by atoms with Crippen LogP contribution in [0.5, 0.6) is 17.2 Å². The van der Waals surface area contributed by atoms with Crippen molar-refractivity contribution in [2.75, 3.05) is 21.3 Å². The van der Waals surface area contributed by atoms with E-state index in [1.807, 2.05) is 0 Å². The average molecular weight is 302 g/mol. The lowest BCUT2D eigenvalue weighted by molar-refractivity contribution is 0.102. The van der Waals surface area contributed by atoms with Crippen LogP contribution in [0.4, 0.5) is 0 Å². The Morgan fingerprint density at radius 3 is 2.27 bits per heavy atom. The van der Waals surface area contributed by atoms with Gasteiger partial charge in [0.15, 0.2) is 17.3 Å². The molecule has 0 atom stereocenters. The Hall–Kier alpha value is -2.69. The minimum atomic E-state index is -0.218. The van der Waals surface area contributed by atoms with Gasteiger partial charge in [-0.25, -0.2) is 0 Å². The number of carbonyl (C=O) groups is 1. The third kappa shape index (κ3) is 3.14. The summed E-state index contributed by atoms with van der Waals surface area (Å²) in [5.74, 6) is 2.32. The predicted octanol–water partition coefficient (Wildman–Crippen LogP) is 3.51. The first-order chi connectivity index (χ1) is 10.6. The molecule has 0 bridgehead atoms. The normalized spacial score (nSPS) is 10.7. The molecule has 0 unspecified atom stereocenters. The molecule has 116 valence electrons. The van der Waals surface area contributed by atoms with Crippen LogP contribution in [0.3, 0.4) is 0 Å². The van der Waals surface area contributed by atoms with E-state index in [4.69, 9.17) is 18.6 Å². The van der Waals surface area contributed by atoms with Gasteiger partial charge in [0, 0.05) is 5.56 Å². The quantitative estimate of drug-likeness (QED) is 0.603. The van der Waals surface area contributed by atoms with Crippen molar-refractivity contribution in [1.29, 1.82) is 0 Å². The number of allylic oxidation sites excluding steroid dienone is 1. The molecule has 1 heterocycles. The number of ketones is 1. The van der Waals surface area contributed by atoms with Crippen LogP contribution in [0.15, 0.2) is 34.8 Å². The Balaban J connectivity index is 2.32. The smallest absolute Gasteiger partial charge is 0.221 e. The molecule has 0 aliphatic heterocycles. The standard InChI is InChI=1S/C17H18O5/c1-11-5-9-14(22-11)13(18)8-6-12-7-10-15(19-2)17(21-4)16(12)20-3/h5-10H,1-4H3/b8-6+. The Kier molecular flexibility index (Phi) is 4.88. The highest BCUT2D eigenvalue weighted by Gasteiger charge is 2.14. The van der Waals surface area contributed by atoms with Gasteiger partial charge >= 0.3 is 0 Å². The van der Waals surface area contributed by atoms with Crippen molar-refractivity contribution < 1.29 is 23.4 Å². The molecule has 2 rings (SSSR count). The Labute approximate surface area is 129 Å². The maximum Gasteiger partial charge on any atom is 0.221 e. The van der Waals surface area contributed by atoms with Crippen LogP contribution in [-0.2, 0) is 0 Å². The van der Waals surface area contributed by atoms with Crippen LogP contribution in [0.25, 0.3) is 6.08 Å². The van der Waals surface area contributed by atoms with Crippen LogP contribution >= 0.6 is 0 Å². The molecular formula is C17H18O5. The van der Waals surface area contributed by atoms with E-state index in [0.29, 0.717) is 34.3 Å². The molecule has 1 aromatic heterocycles. The van der Waals surface area contributed by atoms with Gasteiger partial charge in [0.05, 0.1) is 21.3 Å². The van der Waals surface area contributed by atoms with Gasteiger partial charge in [-0.15, -0.1) is 0 Å². The number of methoxy groups -OCH3 is 3. The number of benzene rings is 1. The minimum absolute atomic E-state index is 0.218. The number of carbonyl (C=O) groups excluding carboxylic acids is 1. The van der Waals surface area contributed by atoms with Crippen molar-refractivity contribution in [1.82, 2.24) is 0 Å². The van der Waals surface area contributed by atoms with E-state index in [1.165, 1.54) is 20.3 Å². The highest BCUT2D eigenvalue weighted by Crippen LogP contribution is 2.40. The molecule has 5 nitrogen and oxygen atoms in total. The van der Waals surface area contributed by atoms with E-state index in [1.54, 1.807) is 44.4 Å². The molecule has 2 aromatic rings. The van der Waals surface area contributed by atoms with Crippen molar-refractivity contribution >= 4 is 11.9 Å². The SMILES string of the molecule is COc1ccc(/C=C/C(=O)c2ccc(C)o2)c(OC)c1OC. The van der Waals surface area contributed by atoms with Crippen molar-refractivity contribution in [3.63, 3.8) is 0 Å². The number of hydrogen-bond acceptors (Lipinski definition) is 5. The summed E-state index contributed by atoms with van der Waals surface area (Å²) in [5.41, 5.74) is 0.705. The van der Waals surface area contributed by atoms with E-state index >= 15 is 0 Å². The first-order valence-corrected chi connectivity index (χ1v) is 6.68. The summed E-state index contributed by atoms with van der Waals surface area (Å²) in [4.78, 5) is 12.0. The van der Waals surface area contributed by atoms with Gasteiger partial charge in [-0.2, -0.15) is 0 Å². The summed E-state index contributed by atoms with van der Waals surface area (Å²) in [6.45, 7) is 1.79. The number of ether oxygens (including phenoxy) is 3. The average Bonchev–Trinajstić information content (AvgIpc) is 2.97. The summed E-state index contributed by atoms with van der Waals surface area (Å²) in [5, 5.41) is 0. The number of hydrogen-bond donors (Lipinski definition) is 0. The molecule has 0 spiro atoms. The van der Waals surface area contributed by atoms with Gasteiger partial charge in [0.25, 0.3) is 0 Å². The third-order valence-corrected chi connectivity index (χ3v) is 3.13. The zero-order valence-corrected chi connectivity index (χ0v) is 13.0. The van der Waals surface area contributed by atoms with Gasteiger partial charge in [-0.3, -0.25) is 4.79 Å². The molecule has 0 aliphatic rings. The second-order valence-corrected chi connectivity index (χ2v) is 4.53. The molecule has 0 radical (unpaired) electrons. The number of aryl methyl sites for hydroxylation is 1. The highest BCUT2D eigenvalue weighted by atomic mass is 16.5. The van der Waals surface area contributed by atoms with Crippen molar-refractivity contribution in [2.45, 2.75) is 6.92 Å². The maximum atomic E-state index is 12.0. The lowest BCUT2D eigenvalue weighted by Gasteiger charge is -2.13. The van der Waals surface area contributed by atoms with Gasteiger partial charge in [-0.05, 0) is 43.3 Å². The molecule has 0 amide bonds. The lowest BCUT2D eigenvalue weighted by atomic mass is 10.1. The van der Waals surface area contributed by atoms with E-state index in [9.17, 15) is 4.79 Å². The van der Waals surface area contributed by atoms with Gasteiger partial charge in [0.2, 0.25) is 11.5 Å². The van der Waals surface area contributed by atoms with E-state index in [-0.39, 0.29) is 5.78 Å². The van der Waals surface area contributed by atoms with Crippen LogP contribution in [-0.4, -0.2) is 27.1 Å². The minimum Gasteiger partial charge on any atom is -0.493 e. The van der Waals surface area contributed by atoms with E-state index < -0.39 is 0 Å². The summed E-state index contributed by atoms with van der Waals surface area (Å²) >= 11 is 0. The largest absolute Gasteiger partial charge is 0.493 e. The van der Waals surface area contributed by atoms with Gasteiger partial charge in [-0.1, -0.05) is 0 Å². The number of rotatable bonds is 6. The molecule has 0 saturated heterocycles. The fourth-order valence-corrected chi connectivity index (χ4v) is 2.07. The molecule has 0 N–H and O–H groups in total. The predicted molar refractivity (Wildman–Crippen MR) is 82.9 cm³/mol. The summed E-state index contributed by atoms with van der Waals surface area (Å²) in [7, 11) is 4.62. The summed E-state index contributed by atoms with van der Waals surface area (Å²) < 4.78 is 21.2. The van der Waals surface area contributed by atoms with Crippen LogP contribution in [0, 0.1) is 6.92 Å². The first-order valence-electron chi connectivity index (χ1n) is 6.68.